The predicted octanol–water partition coefficient (Wildman–Crippen LogP) is 2.21. The van der Waals surface area contributed by atoms with Gasteiger partial charge in [0.25, 0.3) is 0 Å². The molecule has 1 saturated heterocycles. The maximum atomic E-state index is 13.1. The van der Waals surface area contributed by atoms with Crippen LogP contribution in [0.3, 0.4) is 0 Å². The van der Waals surface area contributed by atoms with Crippen molar-refractivity contribution in [2.75, 3.05) is 11.4 Å². The Morgan fingerprint density at radius 2 is 2.00 bits per heavy atom. The lowest BCUT2D eigenvalue weighted by atomic mass is 10.3. The molecular weight excluding hydrogens is 307 g/mol. The van der Waals surface area contributed by atoms with Gasteiger partial charge in [0.1, 0.15) is 5.82 Å². The van der Waals surface area contributed by atoms with Crippen LogP contribution in [0.4, 0.5) is 14.9 Å². The topological polar surface area (TPSA) is 75.2 Å². The molecule has 0 bridgehead atoms. The van der Waals surface area contributed by atoms with Crippen molar-refractivity contribution in [1.29, 1.82) is 0 Å². The average molecular weight is 318 g/mol. The second kappa shape index (κ2) is 6.10. The van der Waals surface area contributed by atoms with E-state index >= 15 is 0 Å². The second-order valence-corrected chi connectivity index (χ2v) is 5.58. The van der Waals surface area contributed by atoms with Crippen LogP contribution in [0, 0.1) is 5.82 Å². The summed E-state index contributed by atoms with van der Waals surface area (Å²) in [6, 6.07) is 5.65. The molecule has 2 heterocycles. The van der Waals surface area contributed by atoms with Crippen molar-refractivity contribution in [3.8, 4) is 0 Å². The number of nitrogens with zero attached hydrogens (tertiary/aromatic N) is 3. The maximum Gasteiger partial charge on any atom is 0.328 e. The van der Waals surface area contributed by atoms with Crippen LogP contribution < -0.4 is 10.2 Å². The summed E-state index contributed by atoms with van der Waals surface area (Å²) in [4.78, 5) is 33.2. The quantitative estimate of drug-likeness (QED) is 0.878. The number of hydrogen-bond donors (Lipinski definition) is 1. The van der Waals surface area contributed by atoms with Crippen LogP contribution >= 0.6 is 11.8 Å². The number of urea groups is 1. The van der Waals surface area contributed by atoms with Crippen LogP contribution in [0.25, 0.3) is 0 Å². The zero-order valence-corrected chi connectivity index (χ0v) is 12.1. The molecule has 3 rings (SSSR count). The minimum atomic E-state index is -0.481. The van der Waals surface area contributed by atoms with E-state index in [1.54, 1.807) is 12.1 Å². The Kier molecular flexibility index (Phi) is 4.01. The van der Waals surface area contributed by atoms with Crippen LogP contribution in [-0.4, -0.2) is 28.5 Å². The summed E-state index contributed by atoms with van der Waals surface area (Å²) in [5.41, 5.74) is 0.508. The Labute approximate surface area is 129 Å². The van der Waals surface area contributed by atoms with E-state index in [1.807, 2.05) is 0 Å². The Bertz CT molecular complexity index is 723. The Balaban J connectivity index is 1.73. The molecule has 1 fully saturated rings. The fourth-order valence-corrected chi connectivity index (χ4v) is 2.69. The summed E-state index contributed by atoms with van der Waals surface area (Å²) in [6.07, 6.45) is 3.25. The van der Waals surface area contributed by atoms with Crippen molar-refractivity contribution in [3.05, 3.63) is 42.5 Å². The van der Waals surface area contributed by atoms with Crippen LogP contribution in [0.1, 0.15) is 6.42 Å². The number of benzene rings is 1. The summed E-state index contributed by atoms with van der Waals surface area (Å²) in [7, 11) is 0. The van der Waals surface area contributed by atoms with Gasteiger partial charge in [0.05, 0.1) is 18.1 Å². The van der Waals surface area contributed by atoms with E-state index in [0.717, 1.165) is 0 Å². The molecule has 1 aliphatic heterocycles. The third-order valence-electron chi connectivity index (χ3n) is 2.99. The van der Waals surface area contributed by atoms with Gasteiger partial charge < -0.3 is 0 Å². The van der Waals surface area contributed by atoms with Gasteiger partial charge in [-0.2, -0.15) is 0 Å². The summed E-state index contributed by atoms with van der Waals surface area (Å²) in [5, 5.41) is 2.68. The highest BCUT2D eigenvalue weighted by atomic mass is 32.2. The number of carbonyl (C=O) groups is 2. The number of amides is 3. The van der Waals surface area contributed by atoms with E-state index in [2.05, 4.69) is 15.3 Å². The van der Waals surface area contributed by atoms with E-state index < -0.39 is 6.03 Å². The van der Waals surface area contributed by atoms with Crippen LogP contribution in [0.2, 0.25) is 0 Å². The van der Waals surface area contributed by atoms with Gasteiger partial charge in [0, 0.05) is 17.9 Å². The van der Waals surface area contributed by atoms with Gasteiger partial charge in [-0.15, -0.1) is 0 Å². The molecule has 1 aromatic heterocycles. The summed E-state index contributed by atoms with van der Waals surface area (Å²) in [6.45, 7) is 0.296. The zero-order chi connectivity index (χ0) is 15.5. The number of hydrogen-bond acceptors (Lipinski definition) is 5. The SMILES string of the molecule is O=C1CCN(c2cnc(Sc3cccc(F)c3)nc2)C(=O)N1. The molecule has 0 saturated carbocycles. The minimum Gasteiger partial charge on any atom is -0.291 e. The van der Waals surface area contributed by atoms with Gasteiger partial charge in [-0.25, -0.2) is 19.2 Å². The summed E-state index contributed by atoms with van der Waals surface area (Å²) in [5.74, 6) is -0.614. The van der Waals surface area contributed by atoms with E-state index in [1.165, 1.54) is 41.2 Å². The first-order valence-electron chi connectivity index (χ1n) is 6.48. The fourth-order valence-electron chi connectivity index (χ4n) is 1.95. The molecule has 3 amide bonds. The molecular formula is C14H11FN4O2S. The smallest absolute Gasteiger partial charge is 0.291 e. The first-order chi connectivity index (χ1) is 10.6. The van der Waals surface area contributed by atoms with E-state index in [4.69, 9.17) is 0 Å². The molecule has 0 radical (unpaired) electrons. The molecule has 0 unspecified atom stereocenters. The van der Waals surface area contributed by atoms with Crippen molar-refractivity contribution in [3.63, 3.8) is 0 Å². The third-order valence-corrected chi connectivity index (χ3v) is 3.87. The molecule has 112 valence electrons. The highest BCUT2D eigenvalue weighted by molar-refractivity contribution is 7.99. The highest BCUT2D eigenvalue weighted by Crippen LogP contribution is 2.25. The van der Waals surface area contributed by atoms with Crippen LogP contribution in [-0.2, 0) is 4.79 Å². The number of imide groups is 1. The Morgan fingerprint density at radius 3 is 2.68 bits per heavy atom. The normalized spacial score (nSPS) is 14.9. The molecule has 22 heavy (non-hydrogen) atoms. The van der Waals surface area contributed by atoms with Gasteiger partial charge in [0.15, 0.2) is 5.16 Å². The number of rotatable bonds is 3. The van der Waals surface area contributed by atoms with Crippen molar-refractivity contribution in [2.45, 2.75) is 16.5 Å². The van der Waals surface area contributed by atoms with E-state index in [-0.39, 0.29) is 18.1 Å². The first kappa shape index (κ1) is 14.5. The molecule has 0 spiro atoms. The molecule has 1 aliphatic rings. The second-order valence-electron chi connectivity index (χ2n) is 4.54. The number of aromatic nitrogens is 2. The van der Waals surface area contributed by atoms with Crippen LogP contribution in [0.5, 0.6) is 0 Å². The largest absolute Gasteiger partial charge is 0.328 e. The lowest BCUT2D eigenvalue weighted by Crippen LogP contribution is -2.49. The molecule has 2 aromatic rings. The first-order valence-corrected chi connectivity index (χ1v) is 7.30. The maximum absolute atomic E-state index is 13.1. The average Bonchev–Trinajstić information content (AvgIpc) is 2.48. The molecule has 8 heteroatoms. The Hall–Kier alpha value is -2.48. The third kappa shape index (κ3) is 3.22. The number of carbonyl (C=O) groups excluding carboxylic acids is 2. The van der Waals surface area contributed by atoms with Gasteiger partial charge in [0.2, 0.25) is 5.91 Å². The number of nitrogens with one attached hydrogen (secondary N) is 1. The van der Waals surface area contributed by atoms with Gasteiger partial charge >= 0.3 is 6.03 Å². The van der Waals surface area contributed by atoms with Gasteiger partial charge in [-0.1, -0.05) is 6.07 Å². The minimum absolute atomic E-state index is 0.242. The lowest BCUT2D eigenvalue weighted by Gasteiger charge is -2.25. The highest BCUT2D eigenvalue weighted by Gasteiger charge is 2.24. The summed E-state index contributed by atoms with van der Waals surface area (Å²) >= 11 is 1.22. The fraction of sp³-hybridized carbons (Fsp3) is 0.143. The van der Waals surface area contributed by atoms with Crippen molar-refractivity contribution < 1.29 is 14.0 Å². The lowest BCUT2D eigenvalue weighted by molar-refractivity contribution is -0.120. The van der Waals surface area contributed by atoms with Crippen molar-refractivity contribution >= 4 is 29.4 Å². The predicted molar refractivity (Wildman–Crippen MR) is 78.1 cm³/mol. The van der Waals surface area contributed by atoms with Crippen LogP contribution in [0.15, 0.2) is 46.7 Å². The van der Waals surface area contributed by atoms with E-state index in [9.17, 15) is 14.0 Å². The van der Waals surface area contributed by atoms with Gasteiger partial charge in [-0.05, 0) is 30.0 Å². The monoisotopic (exact) mass is 318 g/mol. The molecule has 1 N–H and O–H groups in total. The van der Waals surface area contributed by atoms with Crippen molar-refractivity contribution in [1.82, 2.24) is 15.3 Å². The van der Waals surface area contributed by atoms with E-state index in [0.29, 0.717) is 22.3 Å². The number of halogens is 1. The molecule has 6 nitrogen and oxygen atoms in total. The van der Waals surface area contributed by atoms with Gasteiger partial charge in [-0.3, -0.25) is 15.0 Å². The number of anilines is 1. The molecule has 1 aromatic carbocycles. The standard InChI is InChI=1S/C14H11FN4O2S/c15-9-2-1-3-11(6-9)22-13-16-7-10(8-17-13)19-5-4-12(20)18-14(19)21/h1-3,6-8H,4-5H2,(H,18,20,21). The molecule has 0 aliphatic carbocycles. The summed E-state index contributed by atoms with van der Waals surface area (Å²) < 4.78 is 13.1. The zero-order valence-electron chi connectivity index (χ0n) is 11.3. The Morgan fingerprint density at radius 1 is 1.23 bits per heavy atom. The molecule has 0 atom stereocenters. The van der Waals surface area contributed by atoms with Crippen molar-refractivity contribution in [2.24, 2.45) is 0 Å².